The number of rotatable bonds is 3. The number of fused-ring (bicyclic) bond motifs is 1. The molecule has 19 heavy (non-hydrogen) atoms. The molecule has 0 aliphatic carbocycles. The van der Waals surface area contributed by atoms with Crippen molar-refractivity contribution in [2.24, 2.45) is 0 Å². The first-order valence-corrected chi connectivity index (χ1v) is 8.19. The van der Waals surface area contributed by atoms with Crippen LogP contribution < -0.4 is 4.74 Å². The third-order valence-corrected chi connectivity index (χ3v) is 5.19. The molecule has 0 aromatic heterocycles. The average molecular weight is 356 g/mol. The van der Waals surface area contributed by atoms with Crippen molar-refractivity contribution >= 4 is 39.3 Å². The molecule has 1 aliphatic heterocycles. The maximum atomic E-state index is 6.13. The van der Waals surface area contributed by atoms with Gasteiger partial charge in [-0.1, -0.05) is 45.7 Å². The van der Waals surface area contributed by atoms with Crippen molar-refractivity contribution < 1.29 is 4.74 Å². The lowest BCUT2D eigenvalue weighted by atomic mass is 10.0. The summed E-state index contributed by atoms with van der Waals surface area (Å²) < 4.78 is 6.86. The molecule has 2 aromatic carbocycles. The molecule has 0 fully saturated rings. The SMILES string of the molecule is Clc1ccc(Br)cc1OCC1CSc2ccccc21. The van der Waals surface area contributed by atoms with Gasteiger partial charge in [0, 0.05) is 21.0 Å². The zero-order chi connectivity index (χ0) is 13.2. The van der Waals surface area contributed by atoms with Gasteiger partial charge in [0.1, 0.15) is 5.75 Å². The molecular weight excluding hydrogens is 344 g/mol. The Morgan fingerprint density at radius 3 is 3.00 bits per heavy atom. The minimum Gasteiger partial charge on any atom is -0.491 e. The van der Waals surface area contributed by atoms with Crippen molar-refractivity contribution in [2.45, 2.75) is 10.8 Å². The molecule has 1 heterocycles. The van der Waals surface area contributed by atoms with Gasteiger partial charge in [0.25, 0.3) is 0 Å². The van der Waals surface area contributed by atoms with E-state index in [0.29, 0.717) is 17.5 Å². The van der Waals surface area contributed by atoms with Gasteiger partial charge < -0.3 is 4.74 Å². The Morgan fingerprint density at radius 1 is 1.26 bits per heavy atom. The quantitative estimate of drug-likeness (QED) is 0.732. The van der Waals surface area contributed by atoms with Gasteiger partial charge in [0.2, 0.25) is 0 Å². The van der Waals surface area contributed by atoms with Crippen LogP contribution in [-0.4, -0.2) is 12.4 Å². The van der Waals surface area contributed by atoms with Crippen LogP contribution >= 0.6 is 39.3 Å². The molecule has 98 valence electrons. The summed E-state index contributed by atoms with van der Waals surface area (Å²) in [5.74, 6) is 2.26. The first-order chi connectivity index (χ1) is 9.24. The number of ether oxygens (including phenoxy) is 1. The van der Waals surface area contributed by atoms with Crippen molar-refractivity contribution in [1.82, 2.24) is 0 Å². The monoisotopic (exact) mass is 354 g/mol. The van der Waals surface area contributed by atoms with E-state index in [0.717, 1.165) is 16.0 Å². The summed E-state index contributed by atoms with van der Waals surface area (Å²) in [6, 6.07) is 14.2. The maximum Gasteiger partial charge on any atom is 0.139 e. The van der Waals surface area contributed by atoms with E-state index in [1.807, 2.05) is 30.0 Å². The zero-order valence-electron chi connectivity index (χ0n) is 10.1. The van der Waals surface area contributed by atoms with Crippen molar-refractivity contribution in [1.29, 1.82) is 0 Å². The van der Waals surface area contributed by atoms with E-state index in [1.54, 1.807) is 0 Å². The number of hydrogen-bond acceptors (Lipinski definition) is 2. The minimum atomic E-state index is 0.441. The summed E-state index contributed by atoms with van der Waals surface area (Å²) >= 11 is 11.5. The van der Waals surface area contributed by atoms with Gasteiger partial charge >= 0.3 is 0 Å². The van der Waals surface area contributed by atoms with Crippen molar-refractivity contribution in [3.8, 4) is 5.75 Å². The molecule has 0 amide bonds. The highest BCUT2D eigenvalue weighted by Gasteiger charge is 2.23. The molecule has 1 atom stereocenters. The molecule has 0 radical (unpaired) electrons. The van der Waals surface area contributed by atoms with Gasteiger partial charge in [-0.15, -0.1) is 11.8 Å². The third kappa shape index (κ3) is 2.93. The molecule has 0 saturated carbocycles. The highest BCUT2D eigenvalue weighted by molar-refractivity contribution is 9.10. The Hall–Kier alpha value is -0.640. The predicted molar refractivity (Wildman–Crippen MR) is 84.6 cm³/mol. The Labute approximate surface area is 130 Å². The fourth-order valence-corrected chi connectivity index (χ4v) is 3.89. The van der Waals surface area contributed by atoms with E-state index >= 15 is 0 Å². The zero-order valence-corrected chi connectivity index (χ0v) is 13.3. The second-order valence-electron chi connectivity index (χ2n) is 4.43. The van der Waals surface area contributed by atoms with E-state index in [-0.39, 0.29) is 0 Å². The number of benzene rings is 2. The second-order valence-corrected chi connectivity index (χ2v) is 6.82. The fraction of sp³-hybridized carbons (Fsp3) is 0.200. The Bertz CT molecular complexity index is 602. The summed E-state index contributed by atoms with van der Waals surface area (Å²) in [7, 11) is 0. The maximum absolute atomic E-state index is 6.13. The van der Waals surface area contributed by atoms with Gasteiger partial charge in [0.05, 0.1) is 11.6 Å². The summed E-state index contributed by atoms with van der Waals surface area (Å²) in [6.45, 7) is 0.667. The first-order valence-electron chi connectivity index (χ1n) is 6.03. The van der Waals surface area contributed by atoms with Gasteiger partial charge in [-0.25, -0.2) is 0 Å². The summed E-state index contributed by atoms with van der Waals surface area (Å²) in [4.78, 5) is 1.37. The Kier molecular flexibility index (Phi) is 4.06. The molecular formula is C15H12BrClOS. The van der Waals surface area contributed by atoms with Gasteiger partial charge in [-0.05, 0) is 29.8 Å². The van der Waals surface area contributed by atoms with E-state index in [9.17, 15) is 0 Å². The second kappa shape index (κ2) is 5.78. The lowest BCUT2D eigenvalue weighted by Gasteiger charge is -2.13. The lowest BCUT2D eigenvalue weighted by Crippen LogP contribution is -2.09. The highest BCUT2D eigenvalue weighted by Crippen LogP contribution is 2.40. The van der Waals surface area contributed by atoms with Crippen LogP contribution in [0.25, 0.3) is 0 Å². The van der Waals surface area contributed by atoms with Crippen molar-refractivity contribution in [3.05, 3.63) is 57.5 Å². The van der Waals surface area contributed by atoms with Gasteiger partial charge in [-0.3, -0.25) is 0 Å². The lowest BCUT2D eigenvalue weighted by molar-refractivity contribution is 0.298. The van der Waals surface area contributed by atoms with E-state index in [2.05, 4.69) is 40.2 Å². The standard InChI is InChI=1S/C15H12BrClOS/c16-11-5-6-13(17)14(7-11)18-8-10-9-19-15-4-2-1-3-12(10)15/h1-7,10H,8-9H2. The minimum absolute atomic E-state index is 0.441. The van der Waals surface area contributed by atoms with Crippen LogP contribution in [0.3, 0.4) is 0 Å². The number of hydrogen-bond donors (Lipinski definition) is 0. The Morgan fingerprint density at radius 2 is 2.11 bits per heavy atom. The van der Waals surface area contributed by atoms with Crippen LogP contribution in [0.1, 0.15) is 11.5 Å². The molecule has 1 aliphatic rings. The molecule has 0 N–H and O–H groups in total. The van der Waals surface area contributed by atoms with Crippen molar-refractivity contribution in [3.63, 3.8) is 0 Å². The molecule has 4 heteroatoms. The van der Waals surface area contributed by atoms with Crippen molar-refractivity contribution in [2.75, 3.05) is 12.4 Å². The highest BCUT2D eigenvalue weighted by atomic mass is 79.9. The largest absolute Gasteiger partial charge is 0.491 e. The van der Waals surface area contributed by atoms with Crippen LogP contribution in [0.4, 0.5) is 0 Å². The smallest absolute Gasteiger partial charge is 0.139 e. The normalized spacial score (nSPS) is 17.3. The van der Waals surface area contributed by atoms with E-state index in [1.165, 1.54) is 10.5 Å². The number of thioether (sulfide) groups is 1. The third-order valence-electron chi connectivity index (χ3n) is 3.13. The van der Waals surface area contributed by atoms with E-state index < -0.39 is 0 Å². The Balaban J connectivity index is 1.72. The van der Waals surface area contributed by atoms with Gasteiger partial charge in [-0.2, -0.15) is 0 Å². The molecule has 0 bridgehead atoms. The molecule has 1 unspecified atom stereocenters. The molecule has 0 saturated heterocycles. The molecule has 1 nitrogen and oxygen atoms in total. The molecule has 2 aromatic rings. The van der Waals surface area contributed by atoms with Crippen LogP contribution in [0.5, 0.6) is 5.75 Å². The summed E-state index contributed by atoms with van der Waals surface area (Å²) in [5, 5.41) is 0.655. The fourth-order valence-electron chi connectivity index (χ4n) is 2.15. The molecule has 3 rings (SSSR count). The summed E-state index contributed by atoms with van der Waals surface area (Å²) in [6.07, 6.45) is 0. The van der Waals surface area contributed by atoms with Crippen LogP contribution in [0.2, 0.25) is 5.02 Å². The van der Waals surface area contributed by atoms with Crippen LogP contribution in [-0.2, 0) is 0 Å². The van der Waals surface area contributed by atoms with E-state index in [4.69, 9.17) is 16.3 Å². The number of halogens is 2. The van der Waals surface area contributed by atoms with Crippen LogP contribution in [0.15, 0.2) is 51.8 Å². The average Bonchev–Trinajstić information content (AvgIpc) is 2.83. The topological polar surface area (TPSA) is 9.23 Å². The first kappa shape index (κ1) is 13.3. The van der Waals surface area contributed by atoms with Crippen LogP contribution in [0, 0.1) is 0 Å². The molecule has 0 spiro atoms. The predicted octanol–water partition coefficient (Wildman–Crippen LogP) is 5.37. The van der Waals surface area contributed by atoms with Gasteiger partial charge in [0.15, 0.2) is 0 Å². The summed E-state index contributed by atoms with van der Waals surface area (Å²) in [5.41, 5.74) is 1.39.